The molecule has 3 aromatic heterocycles. The van der Waals surface area contributed by atoms with Crippen LogP contribution in [0.2, 0.25) is 0 Å². The van der Waals surface area contributed by atoms with Gasteiger partial charge in [-0.15, -0.1) is 0 Å². The van der Waals surface area contributed by atoms with Crippen molar-refractivity contribution >= 4 is 23.1 Å². The fourth-order valence-electron chi connectivity index (χ4n) is 2.72. The number of carbonyl (C=O) groups is 1. The lowest BCUT2D eigenvalue weighted by atomic mass is 10.3. The minimum atomic E-state index is -0.671. The molecule has 0 saturated carbocycles. The number of hydrogen-bond donors (Lipinski definition) is 2. The molecule has 1 aliphatic heterocycles. The number of nitrogens with zero attached hydrogens (tertiary/aromatic N) is 4. The lowest BCUT2D eigenvalue weighted by Crippen LogP contribution is -2.20. The molecule has 0 aliphatic carbocycles. The van der Waals surface area contributed by atoms with Crippen molar-refractivity contribution in [3.05, 3.63) is 41.7 Å². The fourth-order valence-corrected chi connectivity index (χ4v) is 2.72. The number of hydrogen-bond acceptors (Lipinski definition) is 4. The van der Waals surface area contributed by atoms with Crippen LogP contribution in [0.5, 0.6) is 0 Å². The summed E-state index contributed by atoms with van der Waals surface area (Å²) in [5, 5.41) is 10.1. The van der Waals surface area contributed by atoms with Gasteiger partial charge in [-0.2, -0.15) is 9.49 Å². The Morgan fingerprint density at radius 1 is 1.43 bits per heavy atom. The van der Waals surface area contributed by atoms with Crippen molar-refractivity contribution in [2.75, 3.05) is 17.2 Å². The van der Waals surface area contributed by atoms with Gasteiger partial charge in [-0.25, -0.2) is 9.67 Å². The molecule has 2 N–H and O–H groups in total. The van der Waals surface area contributed by atoms with E-state index in [-0.39, 0.29) is 5.69 Å². The van der Waals surface area contributed by atoms with E-state index in [1.165, 1.54) is 4.40 Å². The third-order valence-electron chi connectivity index (χ3n) is 3.85. The number of fused-ring (bicyclic) bond motifs is 2. The highest BCUT2D eigenvalue weighted by molar-refractivity contribution is 6.04. The molecular weight excluding hydrogens is 299 g/mol. The molecule has 0 fully saturated rings. The van der Waals surface area contributed by atoms with Gasteiger partial charge in [0.05, 0.1) is 6.20 Å². The summed E-state index contributed by atoms with van der Waals surface area (Å²) in [6.45, 7) is 3.46. The lowest BCUT2D eigenvalue weighted by molar-refractivity contribution is 0.101. The maximum absolute atomic E-state index is 14.4. The van der Waals surface area contributed by atoms with Crippen molar-refractivity contribution in [2.45, 2.75) is 19.9 Å². The third kappa shape index (κ3) is 2.23. The van der Waals surface area contributed by atoms with Crippen molar-refractivity contribution in [3.63, 3.8) is 0 Å². The molecule has 7 nitrogen and oxygen atoms in total. The Morgan fingerprint density at radius 3 is 3.17 bits per heavy atom. The van der Waals surface area contributed by atoms with E-state index in [0.717, 1.165) is 30.9 Å². The van der Waals surface area contributed by atoms with Crippen molar-refractivity contribution < 1.29 is 9.18 Å². The van der Waals surface area contributed by atoms with Gasteiger partial charge in [0.2, 0.25) is 5.95 Å². The second-order valence-corrected chi connectivity index (χ2v) is 5.55. The normalized spacial score (nSPS) is 13.7. The summed E-state index contributed by atoms with van der Waals surface area (Å²) >= 11 is 0. The molecule has 4 heterocycles. The standard InChI is InChI=1S/C15H15FN6O/c1-9-3-4-11-20-12(13(16)21(11)8-9)15(23)19-10-7-18-22-6-2-5-17-14(10)22/h3-4,7-8,17H,2,5-6H2,1H3,(H,19,23). The molecular formula is C15H15FN6O. The second kappa shape index (κ2) is 5.08. The zero-order chi connectivity index (χ0) is 16.0. The number of anilines is 2. The average molecular weight is 314 g/mol. The Kier molecular flexibility index (Phi) is 3.03. The van der Waals surface area contributed by atoms with Gasteiger partial charge in [0.25, 0.3) is 5.91 Å². The number of carbonyl (C=O) groups excluding carboxylic acids is 1. The van der Waals surface area contributed by atoms with Crippen LogP contribution in [-0.2, 0) is 6.54 Å². The zero-order valence-electron chi connectivity index (χ0n) is 12.5. The van der Waals surface area contributed by atoms with Gasteiger partial charge in [-0.3, -0.25) is 9.20 Å². The van der Waals surface area contributed by atoms with Crippen LogP contribution < -0.4 is 10.6 Å². The Hall–Kier alpha value is -2.90. The minimum absolute atomic E-state index is 0.230. The molecule has 3 aromatic rings. The molecule has 118 valence electrons. The molecule has 0 bridgehead atoms. The molecule has 1 aliphatic rings. The van der Waals surface area contributed by atoms with Crippen LogP contribution in [0.1, 0.15) is 22.5 Å². The van der Waals surface area contributed by atoms with Crippen LogP contribution in [0, 0.1) is 12.9 Å². The first-order valence-corrected chi connectivity index (χ1v) is 7.39. The first-order chi connectivity index (χ1) is 11.1. The van der Waals surface area contributed by atoms with E-state index in [4.69, 9.17) is 0 Å². The molecule has 8 heteroatoms. The van der Waals surface area contributed by atoms with Gasteiger partial charge in [0.1, 0.15) is 17.2 Å². The Balaban J connectivity index is 1.67. The average Bonchev–Trinajstić information content (AvgIpc) is 3.10. The Morgan fingerprint density at radius 2 is 2.30 bits per heavy atom. The van der Waals surface area contributed by atoms with Crippen molar-refractivity contribution in [3.8, 4) is 0 Å². The van der Waals surface area contributed by atoms with Gasteiger partial charge in [-0.1, -0.05) is 6.07 Å². The summed E-state index contributed by atoms with van der Waals surface area (Å²) in [4.78, 5) is 16.5. The molecule has 1 amide bonds. The molecule has 0 atom stereocenters. The number of amides is 1. The topological polar surface area (TPSA) is 76.2 Å². The lowest BCUT2D eigenvalue weighted by Gasteiger charge is -2.16. The molecule has 0 spiro atoms. The van der Waals surface area contributed by atoms with Crippen molar-refractivity contribution in [1.82, 2.24) is 19.2 Å². The molecule has 0 radical (unpaired) electrons. The van der Waals surface area contributed by atoms with Crippen molar-refractivity contribution in [2.24, 2.45) is 0 Å². The molecule has 0 unspecified atom stereocenters. The maximum Gasteiger partial charge on any atom is 0.279 e. The van der Waals surface area contributed by atoms with E-state index in [1.807, 2.05) is 13.0 Å². The molecule has 4 rings (SSSR count). The van der Waals surface area contributed by atoms with Crippen LogP contribution in [0.3, 0.4) is 0 Å². The Labute approximate surface area is 131 Å². The van der Waals surface area contributed by atoms with E-state index in [2.05, 4.69) is 20.7 Å². The summed E-state index contributed by atoms with van der Waals surface area (Å²) < 4.78 is 17.5. The van der Waals surface area contributed by atoms with E-state index < -0.39 is 11.9 Å². The predicted octanol–water partition coefficient (Wildman–Crippen LogP) is 2.05. The van der Waals surface area contributed by atoms with Crippen molar-refractivity contribution in [1.29, 1.82) is 0 Å². The number of imidazole rings is 1. The first kappa shape index (κ1) is 13.7. The fraction of sp³-hybridized carbons (Fsp3) is 0.267. The SMILES string of the molecule is Cc1ccc2nc(C(=O)Nc3cnn4c3NCCC4)c(F)n2c1. The molecule has 0 saturated heterocycles. The van der Waals surface area contributed by atoms with Gasteiger partial charge < -0.3 is 10.6 Å². The Bertz CT molecular complexity index is 912. The van der Waals surface area contributed by atoms with E-state index in [0.29, 0.717) is 11.3 Å². The van der Waals surface area contributed by atoms with Crippen LogP contribution in [-0.4, -0.2) is 31.6 Å². The monoisotopic (exact) mass is 314 g/mol. The van der Waals surface area contributed by atoms with E-state index in [9.17, 15) is 9.18 Å². The molecule has 23 heavy (non-hydrogen) atoms. The number of nitrogens with one attached hydrogen (secondary N) is 2. The summed E-state index contributed by atoms with van der Waals surface area (Å²) in [6, 6.07) is 3.50. The van der Waals surface area contributed by atoms with Crippen LogP contribution in [0.15, 0.2) is 24.5 Å². The third-order valence-corrected chi connectivity index (χ3v) is 3.85. The summed E-state index contributed by atoms with van der Waals surface area (Å²) in [6.07, 6.45) is 4.14. The second-order valence-electron chi connectivity index (χ2n) is 5.55. The quantitative estimate of drug-likeness (QED) is 0.759. The molecule has 0 aromatic carbocycles. The van der Waals surface area contributed by atoms with E-state index >= 15 is 0 Å². The van der Waals surface area contributed by atoms with Gasteiger partial charge in [-0.05, 0) is 25.0 Å². The zero-order valence-corrected chi connectivity index (χ0v) is 12.5. The number of rotatable bonds is 2. The number of halogens is 1. The number of aromatic nitrogens is 4. The highest BCUT2D eigenvalue weighted by Crippen LogP contribution is 2.25. The minimum Gasteiger partial charge on any atom is -0.368 e. The van der Waals surface area contributed by atoms with Crippen LogP contribution in [0.4, 0.5) is 15.9 Å². The highest BCUT2D eigenvalue weighted by atomic mass is 19.1. The largest absolute Gasteiger partial charge is 0.368 e. The summed E-state index contributed by atoms with van der Waals surface area (Å²) in [5.74, 6) is -0.521. The van der Waals surface area contributed by atoms with Gasteiger partial charge >= 0.3 is 0 Å². The van der Waals surface area contributed by atoms with Crippen LogP contribution >= 0.6 is 0 Å². The van der Waals surface area contributed by atoms with Gasteiger partial charge in [0, 0.05) is 19.3 Å². The first-order valence-electron chi connectivity index (χ1n) is 7.39. The number of aryl methyl sites for hydroxylation is 2. The predicted molar refractivity (Wildman–Crippen MR) is 83.2 cm³/mol. The summed E-state index contributed by atoms with van der Waals surface area (Å²) in [5.41, 5.74) is 1.58. The summed E-state index contributed by atoms with van der Waals surface area (Å²) in [7, 11) is 0. The van der Waals surface area contributed by atoms with Gasteiger partial charge in [0.15, 0.2) is 5.69 Å². The number of pyridine rings is 1. The maximum atomic E-state index is 14.4. The van der Waals surface area contributed by atoms with E-state index in [1.54, 1.807) is 23.1 Å². The highest BCUT2D eigenvalue weighted by Gasteiger charge is 2.22. The smallest absolute Gasteiger partial charge is 0.279 e. The van der Waals surface area contributed by atoms with Crippen LogP contribution in [0.25, 0.3) is 5.65 Å².